The van der Waals surface area contributed by atoms with E-state index in [0.717, 1.165) is 59.3 Å². The Kier molecular flexibility index (Phi) is 7.12. The lowest BCUT2D eigenvalue weighted by atomic mass is 9.96. The highest BCUT2D eigenvalue weighted by atomic mass is 32.1. The van der Waals surface area contributed by atoms with Gasteiger partial charge in [0.05, 0.1) is 16.4 Å². The monoisotopic (exact) mass is 478 g/mol. The first-order valence-corrected chi connectivity index (χ1v) is 12.0. The van der Waals surface area contributed by atoms with E-state index in [2.05, 4.69) is 30.3 Å². The molecule has 1 amide bonds. The minimum atomic E-state index is -2.85. The molecule has 4 rings (SSSR count). The van der Waals surface area contributed by atoms with Crippen molar-refractivity contribution in [1.82, 2.24) is 14.9 Å². The zero-order valence-corrected chi connectivity index (χ0v) is 19.4. The average molecular weight is 479 g/mol. The van der Waals surface area contributed by atoms with E-state index in [9.17, 15) is 13.6 Å². The van der Waals surface area contributed by atoms with E-state index in [-0.39, 0.29) is 17.6 Å². The molecule has 0 atom stereocenters. The molecular formula is C22H24F2N4O2S2. The third kappa shape index (κ3) is 5.67. The van der Waals surface area contributed by atoms with Gasteiger partial charge in [0.2, 0.25) is 5.91 Å². The van der Waals surface area contributed by atoms with Crippen LogP contribution in [-0.2, 0) is 11.3 Å². The molecular weight excluding hydrogens is 454 g/mol. The zero-order valence-electron chi connectivity index (χ0n) is 17.8. The Balaban J connectivity index is 1.32. The number of likely N-dealkylation sites (tertiary alicyclic amines) is 1. The van der Waals surface area contributed by atoms with Gasteiger partial charge in [-0.05, 0) is 64.0 Å². The Morgan fingerprint density at radius 3 is 2.56 bits per heavy atom. The van der Waals surface area contributed by atoms with Crippen molar-refractivity contribution in [3.63, 3.8) is 0 Å². The summed E-state index contributed by atoms with van der Waals surface area (Å²) in [5, 5.41) is 6.68. The summed E-state index contributed by atoms with van der Waals surface area (Å²) in [4.78, 5) is 25.1. The van der Waals surface area contributed by atoms with Gasteiger partial charge in [-0.2, -0.15) is 8.78 Å². The molecule has 1 saturated heterocycles. The lowest BCUT2D eigenvalue weighted by Gasteiger charge is -2.30. The van der Waals surface area contributed by atoms with E-state index < -0.39 is 6.61 Å². The molecule has 3 heterocycles. The van der Waals surface area contributed by atoms with Crippen LogP contribution >= 0.6 is 22.7 Å². The van der Waals surface area contributed by atoms with Crippen molar-refractivity contribution in [1.29, 1.82) is 0 Å². The number of benzene rings is 1. The number of ether oxygens (including phenoxy) is 1. The molecule has 2 aromatic heterocycles. The number of nitrogens with one attached hydrogen (secondary N) is 1. The van der Waals surface area contributed by atoms with Crippen molar-refractivity contribution >= 4 is 33.7 Å². The van der Waals surface area contributed by atoms with Gasteiger partial charge in [-0.3, -0.25) is 9.69 Å². The van der Waals surface area contributed by atoms with E-state index in [1.54, 1.807) is 23.5 Å². The quantitative estimate of drug-likeness (QED) is 0.497. The summed E-state index contributed by atoms with van der Waals surface area (Å²) in [6.45, 7) is 3.63. The second-order valence-corrected chi connectivity index (χ2v) is 9.99. The molecule has 10 heteroatoms. The van der Waals surface area contributed by atoms with Crippen molar-refractivity contribution in [3.05, 3.63) is 45.2 Å². The van der Waals surface area contributed by atoms with Crippen LogP contribution < -0.4 is 10.1 Å². The standard InChI is InChI=1S/C22H24F2N4O2S2/c1-13-19(15-3-5-18(6-4-15)30-21(23)24)26-22(32-13)27-20(29)16-7-9-28(10-8-16)11-17-12-31-14(2)25-17/h3-6,12,16,21H,7-11H2,1-2H3,(H,26,27,29). The molecule has 32 heavy (non-hydrogen) atoms. The average Bonchev–Trinajstić information content (AvgIpc) is 3.33. The Morgan fingerprint density at radius 1 is 1.22 bits per heavy atom. The van der Waals surface area contributed by atoms with Crippen molar-refractivity contribution in [2.45, 2.75) is 39.8 Å². The Hall–Kier alpha value is -2.43. The molecule has 6 nitrogen and oxygen atoms in total. The minimum absolute atomic E-state index is 0.00451. The van der Waals surface area contributed by atoms with Gasteiger partial charge < -0.3 is 10.1 Å². The molecule has 1 aliphatic rings. The molecule has 0 unspecified atom stereocenters. The number of hydrogen-bond donors (Lipinski definition) is 1. The first kappa shape index (κ1) is 22.8. The number of carbonyl (C=O) groups excluding carboxylic acids is 1. The molecule has 1 aliphatic heterocycles. The lowest BCUT2D eigenvalue weighted by molar-refractivity contribution is -0.121. The van der Waals surface area contributed by atoms with Crippen molar-refractivity contribution in [2.75, 3.05) is 18.4 Å². The van der Waals surface area contributed by atoms with Crippen LogP contribution in [0.1, 0.15) is 28.4 Å². The number of halogens is 2. The van der Waals surface area contributed by atoms with Crippen LogP contribution in [-0.4, -0.2) is 40.5 Å². The SMILES string of the molecule is Cc1nc(CN2CCC(C(=O)Nc3nc(-c4ccc(OC(F)F)cc4)c(C)s3)CC2)cs1. The summed E-state index contributed by atoms with van der Waals surface area (Å²) in [5.41, 5.74) is 2.60. The van der Waals surface area contributed by atoms with Gasteiger partial charge in [0.25, 0.3) is 0 Å². The van der Waals surface area contributed by atoms with Crippen molar-refractivity contribution in [3.8, 4) is 17.0 Å². The Morgan fingerprint density at radius 2 is 1.94 bits per heavy atom. The molecule has 1 aromatic carbocycles. The van der Waals surface area contributed by atoms with Crippen molar-refractivity contribution in [2.24, 2.45) is 5.92 Å². The van der Waals surface area contributed by atoms with Gasteiger partial charge in [-0.15, -0.1) is 22.7 Å². The first-order valence-electron chi connectivity index (χ1n) is 10.3. The van der Waals surface area contributed by atoms with Gasteiger partial charge in [-0.25, -0.2) is 9.97 Å². The number of thiazole rings is 2. The van der Waals surface area contributed by atoms with E-state index in [1.165, 1.54) is 23.5 Å². The smallest absolute Gasteiger partial charge is 0.387 e. The first-order chi connectivity index (χ1) is 15.4. The number of hydrogen-bond acceptors (Lipinski definition) is 7. The number of amides is 1. The van der Waals surface area contributed by atoms with Crippen molar-refractivity contribution < 1.29 is 18.3 Å². The maximum absolute atomic E-state index is 12.8. The molecule has 1 fully saturated rings. The predicted octanol–water partition coefficient (Wildman–Crippen LogP) is 5.34. The predicted molar refractivity (Wildman–Crippen MR) is 122 cm³/mol. The molecule has 170 valence electrons. The fourth-order valence-corrected chi connectivity index (χ4v) is 5.23. The van der Waals surface area contributed by atoms with Gasteiger partial charge >= 0.3 is 6.61 Å². The number of rotatable bonds is 7. The molecule has 0 aliphatic carbocycles. The van der Waals surface area contributed by atoms with Crippen LogP contribution in [0.3, 0.4) is 0 Å². The minimum Gasteiger partial charge on any atom is -0.435 e. The van der Waals surface area contributed by atoms with Gasteiger partial charge in [0.1, 0.15) is 5.75 Å². The van der Waals surface area contributed by atoms with Crippen LogP contribution in [0.25, 0.3) is 11.3 Å². The summed E-state index contributed by atoms with van der Waals surface area (Å²) in [6.07, 6.45) is 1.61. The zero-order chi connectivity index (χ0) is 22.7. The number of aryl methyl sites for hydroxylation is 2. The summed E-state index contributed by atoms with van der Waals surface area (Å²) >= 11 is 3.07. The largest absolute Gasteiger partial charge is 0.435 e. The molecule has 1 N–H and O–H groups in total. The number of aromatic nitrogens is 2. The third-order valence-corrected chi connectivity index (χ3v) is 7.10. The van der Waals surface area contributed by atoms with E-state index in [0.29, 0.717) is 5.13 Å². The van der Waals surface area contributed by atoms with Crippen LogP contribution in [0.15, 0.2) is 29.6 Å². The summed E-state index contributed by atoms with van der Waals surface area (Å²) in [5.74, 6) is 0.0541. The number of alkyl halides is 2. The number of anilines is 1. The van der Waals surface area contributed by atoms with E-state index >= 15 is 0 Å². The number of nitrogens with zero attached hydrogens (tertiary/aromatic N) is 3. The summed E-state index contributed by atoms with van der Waals surface area (Å²) in [7, 11) is 0. The topological polar surface area (TPSA) is 67.4 Å². The highest BCUT2D eigenvalue weighted by Crippen LogP contribution is 2.32. The molecule has 0 bridgehead atoms. The fraction of sp³-hybridized carbons (Fsp3) is 0.409. The maximum atomic E-state index is 12.8. The second-order valence-electron chi connectivity index (χ2n) is 7.72. The van der Waals surface area contributed by atoms with Gasteiger partial charge in [0.15, 0.2) is 5.13 Å². The van der Waals surface area contributed by atoms with E-state index in [4.69, 9.17) is 0 Å². The van der Waals surface area contributed by atoms with Crippen LogP contribution in [0.5, 0.6) is 5.75 Å². The Labute approximate surface area is 193 Å². The summed E-state index contributed by atoms with van der Waals surface area (Å²) < 4.78 is 29.0. The van der Waals surface area contributed by atoms with E-state index in [1.807, 2.05) is 13.8 Å². The third-order valence-electron chi connectivity index (χ3n) is 5.39. The molecule has 0 radical (unpaired) electrons. The highest BCUT2D eigenvalue weighted by molar-refractivity contribution is 7.16. The van der Waals surface area contributed by atoms with Crippen LogP contribution in [0.4, 0.5) is 13.9 Å². The maximum Gasteiger partial charge on any atom is 0.387 e. The fourth-order valence-electron chi connectivity index (χ4n) is 3.78. The molecule has 0 saturated carbocycles. The number of carbonyl (C=O) groups is 1. The number of piperidine rings is 1. The molecule has 0 spiro atoms. The van der Waals surface area contributed by atoms with Crippen LogP contribution in [0, 0.1) is 19.8 Å². The lowest BCUT2D eigenvalue weighted by Crippen LogP contribution is -2.37. The van der Waals surface area contributed by atoms with Crippen LogP contribution in [0.2, 0.25) is 0 Å². The second kappa shape index (κ2) is 10.0. The van der Waals surface area contributed by atoms with Gasteiger partial charge in [0, 0.05) is 28.3 Å². The Bertz CT molecular complexity index is 1060. The van der Waals surface area contributed by atoms with Gasteiger partial charge in [-0.1, -0.05) is 0 Å². The summed E-state index contributed by atoms with van der Waals surface area (Å²) in [6, 6.07) is 6.34. The molecule has 3 aromatic rings. The normalized spacial score (nSPS) is 15.3. The highest BCUT2D eigenvalue weighted by Gasteiger charge is 2.26.